The van der Waals surface area contributed by atoms with Gasteiger partial charge in [0.15, 0.2) is 0 Å². The van der Waals surface area contributed by atoms with Gasteiger partial charge >= 0.3 is 5.97 Å². The van der Waals surface area contributed by atoms with Gasteiger partial charge < -0.3 is 20.7 Å². The number of nitrogens with one attached hydrogen (secondary N) is 3. The Balaban J connectivity index is 2.30. The maximum Gasteiger partial charge on any atom is 0.329 e. The minimum absolute atomic E-state index is 0.0492. The van der Waals surface area contributed by atoms with E-state index < -0.39 is 12.0 Å². The van der Waals surface area contributed by atoms with Crippen molar-refractivity contribution in [2.45, 2.75) is 31.8 Å². The molecule has 1 rings (SSSR count). The summed E-state index contributed by atoms with van der Waals surface area (Å²) < 4.78 is 4.59. The lowest BCUT2D eigenvalue weighted by atomic mass is 10.2. The van der Waals surface area contributed by atoms with Gasteiger partial charge in [-0.05, 0) is 6.42 Å². The lowest BCUT2D eigenvalue weighted by Crippen LogP contribution is -2.49. The van der Waals surface area contributed by atoms with Gasteiger partial charge in [-0.15, -0.1) is 0 Å². The number of carbonyl (C=O) groups is 3. The van der Waals surface area contributed by atoms with Crippen LogP contribution < -0.4 is 16.0 Å². The minimum atomic E-state index is -0.704. The summed E-state index contributed by atoms with van der Waals surface area (Å²) in [4.78, 5) is 33.3. The Hall–Kier alpha value is -1.63. The summed E-state index contributed by atoms with van der Waals surface area (Å²) in [6.07, 6.45) is 1.33. The number of carbonyl (C=O) groups excluding carboxylic acids is 3. The van der Waals surface area contributed by atoms with Crippen molar-refractivity contribution in [1.29, 1.82) is 0 Å². The number of hydrogen-bond donors (Lipinski definition) is 3. The molecule has 1 aliphatic rings. The van der Waals surface area contributed by atoms with Gasteiger partial charge in [0.05, 0.1) is 7.11 Å². The second-order valence-corrected chi connectivity index (χ2v) is 4.24. The average molecular weight is 257 g/mol. The highest BCUT2D eigenvalue weighted by Crippen LogP contribution is 2.04. The van der Waals surface area contributed by atoms with Crippen LogP contribution in [0.5, 0.6) is 0 Å². The summed E-state index contributed by atoms with van der Waals surface area (Å²) >= 11 is 0. The van der Waals surface area contributed by atoms with Gasteiger partial charge in [-0.25, -0.2) is 4.79 Å². The first-order valence-corrected chi connectivity index (χ1v) is 5.88. The standard InChI is InChI=1S/C11H19N3O4/c1-7(15)13-9(11(17)18-2)6-12-5-8-3-4-10(16)14-8/h8-9,12H,3-6H2,1-2H3,(H,13,15)(H,14,16). The number of esters is 1. The Morgan fingerprint density at radius 1 is 1.56 bits per heavy atom. The lowest BCUT2D eigenvalue weighted by Gasteiger charge is -2.17. The number of methoxy groups -OCH3 is 1. The van der Waals surface area contributed by atoms with Crippen LogP contribution in [0.1, 0.15) is 19.8 Å². The molecule has 0 spiro atoms. The zero-order valence-electron chi connectivity index (χ0n) is 10.6. The summed E-state index contributed by atoms with van der Waals surface area (Å²) in [5.74, 6) is -0.734. The van der Waals surface area contributed by atoms with Crippen LogP contribution in [0, 0.1) is 0 Å². The number of amides is 2. The van der Waals surface area contributed by atoms with Crippen molar-refractivity contribution in [2.24, 2.45) is 0 Å². The molecule has 0 aromatic heterocycles. The van der Waals surface area contributed by atoms with Crippen LogP contribution in [0.3, 0.4) is 0 Å². The Labute approximate surface area is 106 Å². The predicted molar refractivity (Wildman–Crippen MR) is 63.7 cm³/mol. The van der Waals surface area contributed by atoms with E-state index in [2.05, 4.69) is 20.7 Å². The van der Waals surface area contributed by atoms with Crippen LogP contribution >= 0.6 is 0 Å². The van der Waals surface area contributed by atoms with Crippen LogP contribution in [0.4, 0.5) is 0 Å². The molecule has 2 unspecified atom stereocenters. The Kier molecular flexibility index (Phi) is 5.57. The van der Waals surface area contributed by atoms with E-state index in [1.807, 2.05) is 0 Å². The predicted octanol–water partition coefficient (Wildman–Crippen LogP) is -1.47. The second-order valence-electron chi connectivity index (χ2n) is 4.24. The molecular formula is C11H19N3O4. The third kappa shape index (κ3) is 4.70. The van der Waals surface area contributed by atoms with Crippen LogP contribution in [-0.2, 0) is 19.1 Å². The Morgan fingerprint density at radius 3 is 2.78 bits per heavy atom. The van der Waals surface area contributed by atoms with Crippen molar-refractivity contribution in [3.63, 3.8) is 0 Å². The van der Waals surface area contributed by atoms with Gasteiger partial charge in [-0.1, -0.05) is 0 Å². The van der Waals surface area contributed by atoms with Gasteiger partial charge in [0.25, 0.3) is 0 Å². The van der Waals surface area contributed by atoms with Crippen molar-refractivity contribution < 1.29 is 19.1 Å². The highest BCUT2D eigenvalue weighted by Gasteiger charge is 2.23. The summed E-state index contributed by atoms with van der Waals surface area (Å²) in [7, 11) is 1.27. The monoisotopic (exact) mass is 257 g/mol. The molecule has 2 amide bonds. The summed E-state index contributed by atoms with van der Waals surface area (Å²) in [5.41, 5.74) is 0. The highest BCUT2D eigenvalue weighted by atomic mass is 16.5. The van der Waals surface area contributed by atoms with E-state index in [0.717, 1.165) is 6.42 Å². The van der Waals surface area contributed by atoms with Crippen molar-refractivity contribution >= 4 is 17.8 Å². The number of ether oxygens (including phenoxy) is 1. The van der Waals surface area contributed by atoms with E-state index in [9.17, 15) is 14.4 Å². The van der Waals surface area contributed by atoms with Gasteiger partial charge in [0.2, 0.25) is 11.8 Å². The van der Waals surface area contributed by atoms with E-state index in [-0.39, 0.29) is 24.4 Å². The third-order valence-electron chi connectivity index (χ3n) is 2.69. The van der Waals surface area contributed by atoms with Crippen LogP contribution in [0.2, 0.25) is 0 Å². The molecule has 1 saturated heterocycles. The fraction of sp³-hybridized carbons (Fsp3) is 0.727. The quantitative estimate of drug-likeness (QED) is 0.505. The van der Waals surface area contributed by atoms with E-state index in [1.165, 1.54) is 14.0 Å². The molecule has 2 atom stereocenters. The van der Waals surface area contributed by atoms with E-state index in [1.54, 1.807) is 0 Å². The first-order valence-electron chi connectivity index (χ1n) is 5.88. The minimum Gasteiger partial charge on any atom is -0.467 e. The molecule has 7 nitrogen and oxygen atoms in total. The van der Waals surface area contributed by atoms with Gasteiger partial charge in [-0.3, -0.25) is 9.59 Å². The summed E-state index contributed by atoms with van der Waals surface area (Å²) in [5, 5.41) is 8.35. The smallest absolute Gasteiger partial charge is 0.329 e. The average Bonchev–Trinajstić information content (AvgIpc) is 2.72. The molecule has 102 valence electrons. The van der Waals surface area contributed by atoms with Crippen molar-refractivity contribution in [1.82, 2.24) is 16.0 Å². The zero-order chi connectivity index (χ0) is 13.5. The van der Waals surface area contributed by atoms with E-state index in [0.29, 0.717) is 13.0 Å². The van der Waals surface area contributed by atoms with Gasteiger partial charge in [0, 0.05) is 32.5 Å². The Bertz CT molecular complexity index is 332. The van der Waals surface area contributed by atoms with E-state index in [4.69, 9.17) is 0 Å². The topological polar surface area (TPSA) is 96.5 Å². The molecule has 18 heavy (non-hydrogen) atoms. The van der Waals surface area contributed by atoms with Gasteiger partial charge in [-0.2, -0.15) is 0 Å². The van der Waals surface area contributed by atoms with Crippen LogP contribution in [0.15, 0.2) is 0 Å². The first-order chi connectivity index (χ1) is 8.52. The molecule has 1 heterocycles. The molecule has 0 radical (unpaired) electrons. The first kappa shape index (κ1) is 14.4. The molecule has 0 aliphatic carbocycles. The summed E-state index contributed by atoms with van der Waals surface area (Å²) in [6, 6.07) is -0.613. The molecule has 1 fully saturated rings. The van der Waals surface area contributed by atoms with E-state index >= 15 is 0 Å². The SMILES string of the molecule is COC(=O)C(CNCC1CCC(=O)N1)NC(C)=O. The highest BCUT2D eigenvalue weighted by molar-refractivity contribution is 5.83. The largest absolute Gasteiger partial charge is 0.467 e. The number of hydrogen-bond acceptors (Lipinski definition) is 5. The molecule has 0 bridgehead atoms. The number of rotatable bonds is 6. The fourth-order valence-corrected chi connectivity index (χ4v) is 1.81. The lowest BCUT2D eigenvalue weighted by molar-refractivity contribution is -0.144. The van der Waals surface area contributed by atoms with Crippen LogP contribution in [-0.4, -0.2) is 50.1 Å². The fourth-order valence-electron chi connectivity index (χ4n) is 1.81. The van der Waals surface area contributed by atoms with Crippen molar-refractivity contribution in [3.05, 3.63) is 0 Å². The maximum atomic E-state index is 11.4. The molecule has 0 aromatic carbocycles. The molecule has 3 N–H and O–H groups in total. The molecular weight excluding hydrogens is 238 g/mol. The Morgan fingerprint density at radius 2 is 2.28 bits per heavy atom. The van der Waals surface area contributed by atoms with Crippen molar-refractivity contribution in [3.8, 4) is 0 Å². The van der Waals surface area contributed by atoms with Crippen molar-refractivity contribution in [2.75, 3.05) is 20.2 Å². The molecule has 0 saturated carbocycles. The van der Waals surface area contributed by atoms with Gasteiger partial charge in [0.1, 0.15) is 6.04 Å². The second kappa shape index (κ2) is 6.95. The molecule has 1 aliphatic heterocycles. The summed E-state index contributed by atoms with van der Waals surface area (Å²) in [6.45, 7) is 2.19. The third-order valence-corrected chi connectivity index (χ3v) is 2.69. The maximum absolute atomic E-state index is 11.4. The molecule has 0 aromatic rings. The van der Waals surface area contributed by atoms with Crippen LogP contribution in [0.25, 0.3) is 0 Å². The molecule has 7 heteroatoms. The normalized spacial score (nSPS) is 20.1. The zero-order valence-corrected chi connectivity index (χ0v) is 10.6.